The molecule has 1 aliphatic carbocycles. The molecule has 2 heterocycles. The molecule has 0 spiro atoms. The van der Waals surface area contributed by atoms with Crippen LogP contribution in [-0.4, -0.2) is 47.9 Å². The zero-order valence-corrected chi connectivity index (χ0v) is 16.4. The largest absolute Gasteiger partial charge is 0.351 e. The first-order chi connectivity index (χ1) is 13.1. The molecule has 0 bridgehead atoms. The summed E-state index contributed by atoms with van der Waals surface area (Å²) in [4.78, 5) is 28.3. The Kier molecular flexibility index (Phi) is 5.69. The molecule has 1 saturated carbocycles. The van der Waals surface area contributed by atoms with Crippen molar-refractivity contribution in [2.24, 2.45) is 5.92 Å². The molecular weight excluding hydrogens is 362 g/mol. The number of carbonyl (C=O) groups excluding carboxylic acids is 2. The lowest BCUT2D eigenvalue weighted by Gasteiger charge is -2.34. The first kappa shape index (κ1) is 18.8. The van der Waals surface area contributed by atoms with E-state index in [1.807, 2.05) is 4.90 Å². The number of hydrogen-bond acceptors (Lipinski definition) is 3. The molecular formula is C21H28ClN3O2. The topological polar surface area (TPSA) is 61.4 Å². The summed E-state index contributed by atoms with van der Waals surface area (Å²) in [5.74, 6) is 0.398. The lowest BCUT2D eigenvalue weighted by atomic mass is 9.84. The van der Waals surface area contributed by atoms with Gasteiger partial charge in [0.05, 0.1) is 0 Å². The van der Waals surface area contributed by atoms with Crippen molar-refractivity contribution < 1.29 is 9.59 Å². The van der Waals surface area contributed by atoms with E-state index in [1.54, 1.807) is 24.3 Å². The van der Waals surface area contributed by atoms with E-state index in [4.69, 9.17) is 11.6 Å². The number of fused-ring (bicyclic) bond motifs is 1. The smallest absolute Gasteiger partial charge is 0.254 e. The number of hydrogen-bond donors (Lipinski definition) is 2. The van der Waals surface area contributed by atoms with E-state index in [-0.39, 0.29) is 29.9 Å². The van der Waals surface area contributed by atoms with Crippen LogP contribution in [0.3, 0.4) is 0 Å². The predicted octanol–water partition coefficient (Wildman–Crippen LogP) is 2.98. The van der Waals surface area contributed by atoms with Gasteiger partial charge in [-0.1, -0.05) is 30.5 Å². The Hall–Kier alpha value is -1.59. The van der Waals surface area contributed by atoms with Gasteiger partial charge in [0.25, 0.3) is 5.91 Å². The van der Waals surface area contributed by atoms with Gasteiger partial charge >= 0.3 is 0 Å². The highest BCUT2D eigenvalue weighted by Gasteiger charge is 2.47. The van der Waals surface area contributed by atoms with E-state index in [9.17, 15) is 9.59 Å². The van der Waals surface area contributed by atoms with Crippen molar-refractivity contribution in [1.29, 1.82) is 0 Å². The molecule has 2 saturated heterocycles. The van der Waals surface area contributed by atoms with Crippen molar-refractivity contribution in [2.75, 3.05) is 13.1 Å². The molecule has 1 aromatic carbocycles. The van der Waals surface area contributed by atoms with Gasteiger partial charge in [-0.2, -0.15) is 0 Å². The van der Waals surface area contributed by atoms with Gasteiger partial charge in [-0.05, 0) is 69.3 Å². The van der Waals surface area contributed by atoms with Gasteiger partial charge in [-0.15, -0.1) is 0 Å². The van der Waals surface area contributed by atoms with Crippen LogP contribution in [0, 0.1) is 5.92 Å². The summed E-state index contributed by atoms with van der Waals surface area (Å²) in [5, 5.41) is 7.09. The molecule has 3 atom stereocenters. The Morgan fingerprint density at radius 3 is 2.67 bits per heavy atom. The summed E-state index contributed by atoms with van der Waals surface area (Å²) in [7, 11) is 0. The molecule has 146 valence electrons. The van der Waals surface area contributed by atoms with Gasteiger partial charge < -0.3 is 15.5 Å². The fourth-order valence-corrected chi connectivity index (χ4v) is 5.21. The van der Waals surface area contributed by atoms with Gasteiger partial charge in [-0.3, -0.25) is 9.59 Å². The molecule has 5 nitrogen and oxygen atoms in total. The summed E-state index contributed by atoms with van der Waals surface area (Å²) >= 11 is 6.10. The van der Waals surface area contributed by atoms with Gasteiger partial charge in [0.2, 0.25) is 5.91 Å². The molecule has 4 rings (SSSR count). The Bertz CT molecular complexity index is 704. The molecule has 2 aliphatic heterocycles. The molecule has 0 radical (unpaired) electrons. The van der Waals surface area contributed by atoms with Crippen LogP contribution in [0.1, 0.15) is 55.3 Å². The molecule has 3 fully saturated rings. The van der Waals surface area contributed by atoms with Crippen molar-refractivity contribution >= 4 is 23.4 Å². The number of rotatable bonds is 3. The minimum Gasteiger partial charge on any atom is -0.351 e. The Labute approximate surface area is 165 Å². The predicted molar refractivity (Wildman–Crippen MR) is 106 cm³/mol. The lowest BCUT2D eigenvalue weighted by Crippen LogP contribution is -2.52. The maximum atomic E-state index is 13.3. The standard InChI is InChI=1S/C21H28ClN3O2/c22-16-6-3-5-15(12-16)21(27)25-18-7-2-1-4-14(18)13-19(25)20(26)24-17-8-10-23-11-9-17/h3,5-6,12,14,17-19,23H,1-2,4,7-11,13H2,(H,24,26). The van der Waals surface area contributed by atoms with Gasteiger partial charge in [0, 0.05) is 22.7 Å². The van der Waals surface area contributed by atoms with Crippen molar-refractivity contribution in [3.63, 3.8) is 0 Å². The number of benzene rings is 1. The van der Waals surface area contributed by atoms with Crippen molar-refractivity contribution in [3.8, 4) is 0 Å². The molecule has 3 unspecified atom stereocenters. The minimum absolute atomic E-state index is 0.0201. The van der Waals surface area contributed by atoms with Crippen molar-refractivity contribution in [2.45, 2.75) is 63.1 Å². The second kappa shape index (κ2) is 8.19. The zero-order valence-electron chi connectivity index (χ0n) is 15.6. The average molecular weight is 390 g/mol. The lowest BCUT2D eigenvalue weighted by molar-refractivity contribution is -0.126. The summed E-state index contributed by atoms with van der Waals surface area (Å²) in [6.07, 6.45) is 7.12. The SMILES string of the molecule is O=C(NC1CCNCC1)C1CC2CCCCC2N1C(=O)c1cccc(Cl)c1. The fourth-order valence-electron chi connectivity index (χ4n) is 5.02. The van der Waals surface area contributed by atoms with Crippen LogP contribution in [0.2, 0.25) is 5.02 Å². The number of carbonyl (C=O) groups is 2. The molecule has 27 heavy (non-hydrogen) atoms. The fraction of sp³-hybridized carbons (Fsp3) is 0.619. The number of nitrogens with one attached hydrogen (secondary N) is 2. The number of halogens is 1. The summed E-state index contributed by atoms with van der Waals surface area (Å²) in [6, 6.07) is 7.10. The van der Waals surface area contributed by atoms with E-state index < -0.39 is 0 Å². The molecule has 3 aliphatic rings. The van der Waals surface area contributed by atoms with Crippen LogP contribution < -0.4 is 10.6 Å². The highest BCUT2D eigenvalue weighted by Crippen LogP contribution is 2.40. The van der Waals surface area contributed by atoms with E-state index in [2.05, 4.69) is 10.6 Å². The summed E-state index contributed by atoms with van der Waals surface area (Å²) in [5.41, 5.74) is 0.577. The molecule has 6 heteroatoms. The Morgan fingerprint density at radius 2 is 1.89 bits per heavy atom. The van der Waals surface area contributed by atoms with Crippen LogP contribution in [0.15, 0.2) is 24.3 Å². The average Bonchev–Trinajstić information content (AvgIpc) is 3.08. The second-order valence-corrected chi connectivity index (χ2v) is 8.56. The first-order valence-corrected chi connectivity index (χ1v) is 10.6. The summed E-state index contributed by atoms with van der Waals surface area (Å²) in [6.45, 7) is 1.87. The highest BCUT2D eigenvalue weighted by molar-refractivity contribution is 6.31. The van der Waals surface area contributed by atoms with Crippen molar-refractivity contribution in [1.82, 2.24) is 15.5 Å². The van der Waals surface area contributed by atoms with Gasteiger partial charge in [-0.25, -0.2) is 0 Å². The second-order valence-electron chi connectivity index (χ2n) is 8.12. The Morgan fingerprint density at radius 1 is 1.11 bits per heavy atom. The third-order valence-corrected chi connectivity index (χ3v) is 6.62. The molecule has 2 amide bonds. The maximum absolute atomic E-state index is 13.3. The van der Waals surface area contributed by atoms with E-state index >= 15 is 0 Å². The number of piperidine rings is 1. The third-order valence-electron chi connectivity index (χ3n) is 6.38. The molecule has 0 aromatic heterocycles. The maximum Gasteiger partial charge on any atom is 0.254 e. The van der Waals surface area contributed by atoms with Crippen LogP contribution in [0.25, 0.3) is 0 Å². The van der Waals surface area contributed by atoms with Crippen molar-refractivity contribution in [3.05, 3.63) is 34.9 Å². The van der Waals surface area contributed by atoms with Gasteiger partial charge in [0.15, 0.2) is 0 Å². The van der Waals surface area contributed by atoms with E-state index in [1.165, 1.54) is 6.42 Å². The molecule has 1 aromatic rings. The quantitative estimate of drug-likeness (QED) is 0.835. The first-order valence-electron chi connectivity index (χ1n) is 10.2. The van der Waals surface area contributed by atoms with Crippen LogP contribution in [0.5, 0.6) is 0 Å². The third kappa shape index (κ3) is 3.99. The highest BCUT2D eigenvalue weighted by atomic mass is 35.5. The Balaban J connectivity index is 1.56. The normalized spacial score (nSPS) is 28.6. The van der Waals surface area contributed by atoms with Crippen LogP contribution in [0.4, 0.5) is 0 Å². The molecule has 2 N–H and O–H groups in total. The van der Waals surface area contributed by atoms with E-state index in [0.717, 1.165) is 51.6 Å². The number of nitrogens with zero attached hydrogens (tertiary/aromatic N) is 1. The number of amides is 2. The zero-order chi connectivity index (χ0) is 18.8. The number of likely N-dealkylation sites (tertiary alicyclic amines) is 1. The van der Waals surface area contributed by atoms with Gasteiger partial charge in [0.1, 0.15) is 6.04 Å². The van der Waals surface area contributed by atoms with Crippen LogP contribution >= 0.6 is 11.6 Å². The summed E-state index contributed by atoms with van der Waals surface area (Å²) < 4.78 is 0. The minimum atomic E-state index is -0.362. The van der Waals surface area contributed by atoms with Crippen LogP contribution in [-0.2, 0) is 4.79 Å². The van der Waals surface area contributed by atoms with E-state index in [0.29, 0.717) is 16.5 Å². The monoisotopic (exact) mass is 389 g/mol.